The molecule has 3 rings (SSSR count). The van der Waals surface area contributed by atoms with Gasteiger partial charge in [-0.25, -0.2) is 4.68 Å². The molecule has 5 nitrogen and oxygen atoms in total. The number of para-hydroxylation sites is 1. The maximum atomic E-state index is 11.5. The number of carbonyl (C=O) groups is 1. The third-order valence-electron chi connectivity index (χ3n) is 3.99. The molecule has 0 radical (unpaired) electrons. The van der Waals surface area contributed by atoms with Crippen molar-refractivity contribution < 1.29 is 9.53 Å². The van der Waals surface area contributed by atoms with Crippen LogP contribution in [0.2, 0.25) is 0 Å². The number of aldehydes is 1. The smallest absolute Gasteiger partial charge is 0.155 e. The van der Waals surface area contributed by atoms with Crippen LogP contribution in [0.4, 0.5) is 5.82 Å². The molecule has 1 unspecified atom stereocenters. The molecule has 1 aromatic heterocycles. The Balaban J connectivity index is 2.10. The zero-order valence-corrected chi connectivity index (χ0v) is 12.3. The number of hydrogen-bond donors (Lipinski definition) is 0. The molecule has 0 N–H and O–H groups in total. The SMILES string of the molecule is Cc1nn(-c2ccccc2)c(N(C)C2CCOC2)c1C=O. The molecule has 5 heteroatoms. The molecule has 1 aliphatic heterocycles. The summed E-state index contributed by atoms with van der Waals surface area (Å²) in [5.74, 6) is 0.837. The number of carbonyl (C=O) groups excluding carboxylic acids is 1. The van der Waals surface area contributed by atoms with E-state index in [4.69, 9.17) is 4.74 Å². The van der Waals surface area contributed by atoms with Crippen LogP contribution in [0.15, 0.2) is 30.3 Å². The molecule has 1 aromatic carbocycles. The van der Waals surface area contributed by atoms with Crippen molar-refractivity contribution >= 4 is 12.1 Å². The highest BCUT2D eigenvalue weighted by molar-refractivity contribution is 5.85. The number of rotatable bonds is 4. The van der Waals surface area contributed by atoms with Crippen LogP contribution in [0.1, 0.15) is 22.5 Å². The lowest BCUT2D eigenvalue weighted by Gasteiger charge is -2.26. The normalized spacial score (nSPS) is 17.9. The van der Waals surface area contributed by atoms with E-state index < -0.39 is 0 Å². The molecule has 0 spiro atoms. The predicted molar refractivity (Wildman–Crippen MR) is 81.3 cm³/mol. The molecule has 1 saturated heterocycles. The largest absolute Gasteiger partial charge is 0.379 e. The van der Waals surface area contributed by atoms with Gasteiger partial charge in [0, 0.05) is 13.7 Å². The zero-order valence-electron chi connectivity index (χ0n) is 12.3. The molecule has 1 aliphatic rings. The summed E-state index contributed by atoms with van der Waals surface area (Å²) in [4.78, 5) is 13.6. The highest BCUT2D eigenvalue weighted by Crippen LogP contribution is 2.28. The van der Waals surface area contributed by atoms with Gasteiger partial charge in [-0.1, -0.05) is 18.2 Å². The van der Waals surface area contributed by atoms with E-state index in [0.29, 0.717) is 12.2 Å². The predicted octanol–water partition coefficient (Wildman–Crippen LogP) is 2.22. The molecule has 1 fully saturated rings. The lowest BCUT2D eigenvalue weighted by molar-refractivity contribution is 0.112. The van der Waals surface area contributed by atoms with E-state index in [2.05, 4.69) is 10.00 Å². The Hall–Kier alpha value is -2.14. The van der Waals surface area contributed by atoms with Crippen LogP contribution in [-0.4, -0.2) is 42.4 Å². The second-order valence-corrected chi connectivity index (χ2v) is 5.32. The van der Waals surface area contributed by atoms with Gasteiger partial charge in [0.05, 0.1) is 29.6 Å². The van der Waals surface area contributed by atoms with Crippen LogP contribution in [0.25, 0.3) is 5.69 Å². The van der Waals surface area contributed by atoms with Crippen LogP contribution < -0.4 is 4.90 Å². The van der Waals surface area contributed by atoms with Crippen LogP contribution >= 0.6 is 0 Å². The zero-order chi connectivity index (χ0) is 14.8. The van der Waals surface area contributed by atoms with Crippen LogP contribution in [0.3, 0.4) is 0 Å². The topological polar surface area (TPSA) is 47.4 Å². The summed E-state index contributed by atoms with van der Waals surface area (Å²) in [6, 6.07) is 10.2. The summed E-state index contributed by atoms with van der Waals surface area (Å²) in [7, 11) is 2.00. The van der Waals surface area contributed by atoms with Crippen LogP contribution in [0, 0.1) is 6.92 Å². The van der Waals surface area contributed by atoms with Crippen molar-refractivity contribution in [3.05, 3.63) is 41.6 Å². The van der Waals surface area contributed by atoms with E-state index in [0.717, 1.165) is 36.5 Å². The second kappa shape index (κ2) is 5.69. The van der Waals surface area contributed by atoms with Gasteiger partial charge in [-0.2, -0.15) is 5.10 Å². The average Bonchev–Trinajstić information content (AvgIpc) is 3.15. The number of likely N-dealkylation sites (N-methyl/N-ethyl adjacent to an activating group) is 1. The minimum absolute atomic E-state index is 0.280. The summed E-state index contributed by atoms with van der Waals surface area (Å²) in [5.41, 5.74) is 2.34. The fourth-order valence-electron chi connectivity index (χ4n) is 2.75. The first-order chi connectivity index (χ1) is 10.2. The lowest BCUT2D eigenvalue weighted by atomic mass is 10.2. The second-order valence-electron chi connectivity index (χ2n) is 5.32. The van der Waals surface area contributed by atoms with E-state index in [1.54, 1.807) is 0 Å². The van der Waals surface area contributed by atoms with Gasteiger partial charge in [0.25, 0.3) is 0 Å². The first-order valence-corrected chi connectivity index (χ1v) is 7.13. The number of hydrogen-bond acceptors (Lipinski definition) is 4. The summed E-state index contributed by atoms with van der Waals surface area (Å²) >= 11 is 0. The van der Waals surface area contributed by atoms with Crippen LogP contribution in [-0.2, 0) is 4.74 Å². The van der Waals surface area contributed by atoms with Gasteiger partial charge in [-0.05, 0) is 25.5 Å². The Labute approximate surface area is 124 Å². The van der Waals surface area contributed by atoms with E-state index in [-0.39, 0.29) is 6.04 Å². The molecule has 0 bridgehead atoms. The number of ether oxygens (including phenoxy) is 1. The molecule has 0 aliphatic carbocycles. The number of nitrogens with zero attached hydrogens (tertiary/aromatic N) is 3. The quantitative estimate of drug-likeness (QED) is 0.808. The van der Waals surface area contributed by atoms with Gasteiger partial charge >= 0.3 is 0 Å². The first-order valence-electron chi connectivity index (χ1n) is 7.13. The van der Waals surface area contributed by atoms with Crippen molar-refractivity contribution in [2.24, 2.45) is 0 Å². The van der Waals surface area contributed by atoms with E-state index in [1.165, 1.54) is 0 Å². The van der Waals surface area contributed by atoms with Gasteiger partial charge < -0.3 is 9.64 Å². The number of aryl methyl sites for hydroxylation is 1. The maximum absolute atomic E-state index is 11.5. The fraction of sp³-hybridized carbons (Fsp3) is 0.375. The minimum atomic E-state index is 0.280. The monoisotopic (exact) mass is 285 g/mol. The molecule has 2 heterocycles. The molecule has 2 aromatic rings. The van der Waals surface area contributed by atoms with E-state index >= 15 is 0 Å². The highest BCUT2D eigenvalue weighted by Gasteiger charge is 2.27. The van der Waals surface area contributed by atoms with Gasteiger partial charge in [-0.3, -0.25) is 4.79 Å². The highest BCUT2D eigenvalue weighted by atomic mass is 16.5. The van der Waals surface area contributed by atoms with Gasteiger partial charge in [0.2, 0.25) is 0 Å². The Morgan fingerprint density at radius 1 is 1.38 bits per heavy atom. The Bertz CT molecular complexity index is 630. The van der Waals surface area contributed by atoms with Crippen molar-refractivity contribution in [1.82, 2.24) is 9.78 Å². The number of benzene rings is 1. The maximum Gasteiger partial charge on any atom is 0.155 e. The summed E-state index contributed by atoms with van der Waals surface area (Å²) in [5, 5.41) is 4.55. The van der Waals surface area contributed by atoms with E-state index in [1.807, 2.05) is 49.0 Å². The summed E-state index contributed by atoms with van der Waals surface area (Å²) < 4.78 is 7.31. The molecule has 0 saturated carbocycles. The fourth-order valence-corrected chi connectivity index (χ4v) is 2.75. The third kappa shape index (κ3) is 2.45. The molecule has 0 amide bonds. The Morgan fingerprint density at radius 2 is 2.14 bits per heavy atom. The van der Waals surface area contributed by atoms with Gasteiger partial charge in [0.1, 0.15) is 5.82 Å². The number of aromatic nitrogens is 2. The standard InChI is InChI=1S/C16H19N3O2/c1-12-15(10-20)16(18(2)14-8-9-21-11-14)19(17-12)13-6-4-3-5-7-13/h3-7,10,14H,8-9,11H2,1-2H3. The third-order valence-corrected chi connectivity index (χ3v) is 3.99. The molecule has 110 valence electrons. The number of anilines is 1. The molecular weight excluding hydrogens is 266 g/mol. The summed E-state index contributed by atoms with van der Waals surface area (Å²) in [6.45, 7) is 3.32. The average molecular weight is 285 g/mol. The van der Waals surface area contributed by atoms with Crippen molar-refractivity contribution in [3.8, 4) is 5.69 Å². The first kappa shape index (κ1) is 13.8. The van der Waals surface area contributed by atoms with Crippen molar-refractivity contribution in [3.63, 3.8) is 0 Å². The van der Waals surface area contributed by atoms with E-state index in [9.17, 15) is 4.79 Å². The Kier molecular flexibility index (Phi) is 3.75. The summed E-state index contributed by atoms with van der Waals surface area (Å²) in [6.07, 6.45) is 1.86. The van der Waals surface area contributed by atoms with Crippen molar-refractivity contribution in [1.29, 1.82) is 0 Å². The van der Waals surface area contributed by atoms with Gasteiger partial charge in [-0.15, -0.1) is 0 Å². The molecule has 21 heavy (non-hydrogen) atoms. The molecular formula is C16H19N3O2. The molecule has 1 atom stereocenters. The van der Waals surface area contributed by atoms with Gasteiger partial charge in [0.15, 0.2) is 6.29 Å². The Morgan fingerprint density at radius 3 is 2.76 bits per heavy atom. The van der Waals surface area contributed by atoms with Crippen molar-refractivity contribution in [2.75, 3.05) is 25.2 Å². The minimum Gasteiger partial charge on any atom is -0.379 e. The van der Waals surface area contributed by atoms with Crippen molar-refractivity contribution in [2.45, 2.75) is 19.4 Å². The van der Waals surface area contributed by atoms with Crippen LogP contribution in [0.5, 0.6) is 0 Å². The lowest BCUT2D eigenvalue weighted by Crippen LogP contribution is -2.34.